The summed E-state index contributed by atoms with van der Waals surface area (Å²) in [5.41, 5.74) is 0.617. The summed E-state index contributed by atoms with van der Waals surface area (Å²) in [4.78, 5) is 14.3. The van der Waals surface area contributed by atoms with Crippen LogP contribution in [0.15, 0.2) is 24.3 Å². The standard InChI is InChI=1S/C15H21FN2O.ClH/c1-11(9-13-5-3-4-6-14(13)16)15(19)18-8-7-17-10-12(18)2;/h3-6,11-12,17H,7-10H2,1-2H3;1H/t11?,12-;/m1./s1. The molecule has 1 N–H and O–H groups in total. The largest absolute Gasteiger partial charge is 0.337 e. The van der Waals surface area contributed by atoms with Gasteiger partial charge in [-0.25, -0.2) is 4.39 Å². The molecule has 2 rings (SSSR count). The van der Waals surface area contributed by atoms with E-state index in [1.807, 2.05) is 24.8 Å². The highest BCUT2D eigenvalue weighted by Crippen LogP contribution is 2.16. The maximum atomic E-state index is 13.6. The molecule has 3 nitrogen and oxygen atoms in total. The number of halogens is 2. The van der Waals surface area contributed by atoms with Crippen molar-refractivity contribution in [2.75, 3.05) is 19.6 Å². The molecule has 1 amide bonds. The fourth-order valence-electron chi connectivity index (χ4n) is 2.53. The lowest BCUT2D eigenvalue weighted by atomic mass is 9.98. The molecule has 1 unspecified atom stereocenters. The van der Waals surface area contributed by atoms with Gasteiger partial charge in [0, 0.05) is 31.6 Å². The van der Waals surface area contributed by atoms with E-state index in [0.717, 1.165) is 19.6 Å². The van der Waals surface area contributed by atoms with Crippen molar-refractivity contribution in [1.29, 1.82) is 0 Å². The highest BCUT2D eigenvalue weighted by molar-refractivity contribution is 5.85. The first kappa shape index (κ1) is 16.9. The summed E-state index contributed by atoms with van der Waals surface area (Å²) in [6.07, 6.45) is 0.460. The minimum Gasteiger partial charge on any atom is -0.337 e. The van der Waals surface area contributed by atoms with Gasteiger partial charge >= 0.3 is 0 Å². The van der Waals surface area contributed by atoms with Crippen LogP contribution in [0.5, 0.6) is 0 Å². The zero-order valence-electron chi connectivity index (χ0n) is 11.9. The molecule has 1 fully saturated rings. The van der Waals surface area contributed by atoms with Gasteiger partial charge in [-0.1, -0.05) is 25.1 Å². The van der Waals surface area contributed by atoms with Crippen molar-refractivity contribution in [1.82, 2.24) is 10.2 Å². The van der Waals surface area contributed by atoms with Crippen LogP contribution in [0.3, 0.4) is 0 Å². The first-order valence-electron chi connectivity index (χ1n) is 6.84. The van der Waals surface area contributed by atoms with Gasteiger partial charge in [0.1, 0.15) is 5.82 Å². The van der Waals surface area contributed by atoms with Crippen molar-refractivity contribution in [3.05, 3.63) is 35.6 Å². The summed E-state index contributed by atoms with van der Waals surface area (Å²) in [6.45, 7) is 6.33. The first-order chi connectivity index (χ1) is 9.09. The van der Waals surface area contributed by atoms with Crippen molar-refractivity contribution < 1.29 is 9.18 Å². The second-order valence-corrected chi connectivity index (χ2v) is 5.28. The molecule has 0 aliphatic carbocycles. The van der Waals surface area contributed by atoms with Crippen molar-refractivity contribution in [3.63, 3.8) is 0 Å². The summed E-state index contributed by atoms with van der Waals surface area (Å²) in [6, 6.07) is 6.89. The minimum atomic E-state index is -0.226. The van der Waals surface area contributed by atoms with E-state index in [-0.39, 0.29) is 36.1 Å². The lowest BCUT2D eigenvalue weighted by molar-refractivity contribution is -0.137. The molecule has 0 radical (unpaired) electrons. The Morgan fingerprint density at radius 2 is 2.20 bits per heavy atom. The van der Waals surface area contributed by atoms with Gasteiger partial charge in [0.15, 0.2) is 0 Å². The molecule has 1 aromatic rings. The van der Waals surface area contributed by atoms with Gasteiger partial charge in [0.25, 0.3) is 0 Å². The lowest BCUT2D eigenvalue weighted by Gasteiger charge is -2.35. The molecule has 20 heavy (non-hydrogen) atoms. The summed E-state index contributed by atoms with van der Waals surface area (Å²) in [5.74, 6) is -0.287. The third-order valence-electron chi connectivity index (χ3n) is 3.69. The van der Waals surface area contributed by atoms with Gasteiger partial charge in [0.05, 0.1) is 0 Å². The third kappa shape index (κ3) is 3.93. The topological polar surface area (TPSA) is 32.3 Å². The number of nitrogens with zero attached hydrogens (tertiary/aromatic N) is 1. The van der Waals surface area contributed by atoms with Gasteiger partial charge in [-0.3, -0.25) is 4.79 Å². The van der Waals surface area contributed by atoms with Crippen LogP contribution in [0.2, 0.25) is 0 Å². The molecule has 1 saturated heterocycles. The van der Waals surface area contributed by atoms with Crippen molar-refractivity contribution in [2.45, 2.75) is 26.3 Å². The first-order valence-corrected chi connectivity index (χ1v) is 6.84. The van der Waals surface area contributed by atoms with E-state index in [2.05, 4.69) is 5.32 Å². The molecule has 2 atom stereocenters. The minimum absolute atomic E-state index is 0. The van der Waals surface area contributed by atoms with Gasteiger partial charge in [-0.05, 0) is 25.0 Å². The smallest absolute Gasteiger partial charge is 0.226 e. The quantitative estimate of drug-likeness (QED) is 0.928. The molecular weight excluding hydrogens is 279 g/mol. The summed E-state index contributed by atoms with van der Waals surface area (Å²) in [7, 11) is 0. The van der Waals surface area contributed by atoms with Crippen LogP contribution in [0, 0.1) is 11.7 Å². The molecule has 1 aliphatic rings. The van der Waals surface area contributed by atoms with E-state index < -0.39 is 0 Å². The molecule has 0 bridgehead atoms. The van der Waals surface area contributed by atoms with Crippen LogP contribution < -0.4 is 5.32 Å². The third-order valence-corrected chi connectivity index (χ3v) is 3.69. The number of carbonyl (C=O) groups is 1. The van der Waals surface area contributed by atoms with E-state index >= 15 is 0 Å². The molecule has 1 aromatic carbocycles. The normalized spacial score (nSPS) is 20.1. The summed E-state index contributed by atoms with van der Waals surface area (Å²) < 4.78 is 13.6. The van der Waals surface area contributed by atoms with Crippen molar-refractivity contribution in [2.24, 2.45) is 5.92 Å². The summed E-state index contributed by atoms with van der Waals surface area (Å²) in [5, 5.41) is 3.26. The van der Waals surface area contributed by atoms with Crippen LogP contribution in [0.4, 0.5) is 4.39 Å². The summed E-state index contributed by atoms with van der Waals surface area (Å²) >= 11 is 0. The average molecular weight is 301 g/mol. The van der Waals surface area contributed by atoms with Crippen LogP contribution in [-0.2, 0) is 11.2 Å². The predicted molar refractivity (Wildman–Crippen MR) is 80.6 cm³/mol. The molecule has 1 heterocycles. The molecule has 112 valence electrons. The zero-order chi connectivity index (χ0) is 13.8. The molecule has 5 heteroatoms. The van der Waals surface area contributed by atoms with E-state index in [1.54, 1.807) is 12.1 Å². The maximum absolute atomic E-state index is 13.6. The number of rotatable bonds is 3. The number of hydrogen-bond donors (Lipinski definition) is 1. The Morgan fingerprint density at radius 1 is 1.50 bits per heavy atom. The van der Waals surface area contributed by atoms with E-state index in [9.17, 15) is 9.18 Å². The van der Waals surface area contributed by atoms with E-state index in [1.165, 1.54) is 6.07 Å². The second-order valence-electron chi connectivity index (χ2n) is 5.28. The number of hydrogen-bond acceptors (Lipinski definition) is 2. The van der Waals surface area contributed by atoms with Gasteiger partial charge in [0.2, 0.25) is 5.91 Å². The van der Waals surface area contributed by atoms with Gasteiger partial charge < -0.3 is 10.2 Å². The second kappa shape index (κ2) is 7.60. The van der Waals surface area contributed by atoms with Crippen molar-refractivity contribution in [3.8, 4) is 0 Å². The fourth-order valence-corrected chi connectivity index (χ4v) is 2.53. The Balaban J connectivity index is 0.00000200. The monoisotopic (exact) mass is 300 g/mol. The predicted octanol–water partition coefficient (Wildman–Crippen LogP) is 2.25. The highest BCUT2D eigenvalue weighted by atomic mass is 35.5. The molecular formula is C15H22ClFN2O. The Labute approximate surface area is 125 Å². The number of benzene rings is 1. The Bertz CT molecular complexity index is 455. The Kier molecular flexibility index (Phi) is 6.43. The molecule has 0 saturated carbocycles. The number of nitrogens with one attached hydrogen (secondary N) is 1. The van der Waals surface area contributed by atoms with Gasteiger partial charge in [-0.15, -0.1) is 12.4 Å². The Hall–Kier alpha value is -1.13. The van der Waals surface area contributed by atoms with Crippen molar-refractivity contribution >= 4 is 18.3 Å². The van der Waals surface area contributed by atoms with Crippen LogP contribution in [-0.4, -0.2) is 36.5 Å². The fraction of sp³-hybridized carbons (Fsp3) is 0.533. The molecule has 1 aliphatic heterocycles. The average Bonchev–Trinajstić information content (AvgIpc) is 2.41. The Morgan fingerprint density at radius 3 is 2.85 bits per heavy atom. The molecule has 0 spiro atoms. The number of amides is 1. The number of piperazine rings is 1. The van der Waals surface area contributed by atoms with Crippen LogP contribution in [0.1, 0.15) is 19.4 Å². The van der Waals surface area contributed by atoms with Crippen LogP contribution >= 0.6 is 12.4 Å². The highest BCUT2D eigenvalue weighted by Gasteiger charge is 2.27. The number of carbonyl (C=O) groups excluding carboxylic acids is 1. The SMILES string of the molecule is CC(Cc1ccccc1F)C(=O)N1CCNC[C@H]1C.Cl. The zero-order valence-corrected chi connectivity index (χ0v) is 12.8. The van der Waals surface area contributed by atoms with Gasteiger partial charge in [-0.2, -0.15) is 0 Å². The van der Waals surface area contributed by atoms with Crippen LogP contribution in [0.25, 0.3) is 0 Å². The molecule has 0 aromatic heterocycles. The lowest BCUT2D eigenvalue weighted by Crippen LogP contribution is -2.53. The van der Waals surface area contributed by atoms with E-state index in [0.29, 0.717) is 12.0 Å². The maximum Gasteiger partial charge on any atom is 0.226 e. The van der Waals surface area contributed by atoms with E-state index in [4.69, 9.17) is 0 Å².